The number of carbonyl (C=O) groups is 2. The molecule has 1 heterocycles. The van der Waals surface area contributed by atoms with Crippen molar-refractivity contribution in [3.8, 4) is 0 Å². The van der Waals surface area contributed by atoms with E-state index in [-0.39, 0.29) is 11.8 Å². The maximum Gasteiger partial charge on any atom is 0.265 e. The average molecular weight is 294 g/mol. The van der Waals surface area contributed by atoms with Crippen LogP contribution in [0.15, 0.2) is 24.5 Å². The largest absolute Gasteiger partial charge is 0.383 e. The molecule has 1 aromatic rings. The molecule has 1 rings (SSSR count). The summed E-state index contributed by atoms with van der Waals surface area (Å²) in [5.74, 6) is -0.466. The van der Waals surface area contributed by atoms with Crippen LogP contribution in [0.2, 0.25) is 0 Å². The Kier molecular flexibility index (Phi) is 8.00. The molecule has 0 bridgehead atoms. The molecule has 0 aliphatic rings. The maximum atomic E-state index is 12.0. The Morgan fingerprint density at radius 1 is 1.33 bits per heavy atom. The van der Waals surface area contributed by atoms with Crippen molar-refractivity contribution in [3.63, 3.8) is 0 Å². The number of nitrogens with zero attached hydrogens (tertiary/aromatic N) is 1. The number of rotatable bonds is 9. The molecule has 1 unspecified atom stereocenters. The van der Waals surface area contributed by atoms with Gasteiger partial charge in [0.25, 0.3) is 5.91 Å². The highest BCUT2D eigenvalue weighted by Gasteiger charge is 2.17. The van der Waals surface area contributed by atoms with Crippen molar-refractivity contribution in [2.24, 2.45) is 0 Å². The monoisotopic (exact) mass is 294 g/mol. The smallest absolute Gasteiger partial charge is 0.265 e. The number of methoxy groups -OCH3 is 1. The molecule has 0 saturated carbocycles. The highest BCUT2D eigenvalue weighted by molar-refractivity contribution is 5.94. The molecule has 7 heteroatoms. The van der Waals surface area contributed by atoms with Crippen LogP contribution < -0.4 is 16.2 Å². The minimum atomic E-state index is -0.474. The lowest BCUT2D eigenvalue weighted by Crippen LogP contribution is -2.52. The molecular weight excluding hydrogens is 272 g/mol. The SMILES string of the molecule is CCCC(NNC(=O)c1ccncc1)C(=O)NCCOC. The summed E-state index contributed by atoms with van der Waals surface area (Å²) in [5, 5.41) is 2.74. The Hall–Kier alpha value is -1.99. The molecule has 116 valence electrons. The minimum absolute atomic E-state index is 0.163. The van der Waals surface area contributed by atoms with E-state index in [1.165, 1.54) is 12.4 Å². The summed E-state index contributed by atoms with van der Waals surface area (Å²) >= 11 is 0. The molecule has 0 aromatic carbocycles. The van der Waals surface area contributed by atoms with Gasteiger partial charge in [-0.1, -0.05) is 13.3 Å². The first-order valence-electron chi connectivity index (χ1n) is 6.91. The van der Waals surface area contributed by atoms with Crippen molar-refractivity contribution in [3.05, 3.63) is 30.1 Å². The van der Waals surface area contributed by atoms with Gasteiger partial charge in [0, 0.05) is 31.6 Å². The number of carbonyl (C=O) groups excluding carboxylic acids is 2. The van der Waals surface area contributed by atoms with Crippen molar-refractivity contribution >= 4 is 11.8 Å². The van der Waals surface area contributed by atoms with Crippen molar-refractivity contribution in [2.45, 2.75) is 25.8 Å². The summed E-state index contributed by atoms with van der Waals surface area (Å²) in [6, 6.07) is 2.73. The summed E-state index contributed by atoms with van der Waals surface area (Å²) in [6.45, 7) is 2.87. The highest BCUT2D eigenvalue weighted by atomic mass is 16.5. The van der Waals surface area contributed by atoms with Crippen molar-refractivity contribution < 1.29 is 14.3 Å². The van der Waals surface area contributed by atoms with Crippen molar-refractivity contribution in [1.82, 2.24) is 21.2 Å². The van der Waals surface area contributed by atoms with Crippen LogP contribution in [0.25, 0.3) is 0 Å². The van der Waals surface area contributed by atoms with Crippen molar-refractivity contribution in [1.29, 1.82) is 0 Å². The minimum Gasteiger partial charge on any atom is -0.383 e. The Morgan fingerprint density at radius 2 is 2.05 bits per heavy atom. The van der Waals surface area contributed by atoms with Crippen LogP contribution >= 0.6 is 0 Å². The normalized spacial score (nSPS) is 11.7. The van der Waals surface area contributed by atoms with Crippen LogP contribution in [0.1, 0.15) is 30.1 Å². The van der Waals surface area contributed by atoms with Gasteiger partial charge in [0.1, 0.15) is 6.04 Å². The molecule has 1 aromatic heterocycles. The second kappa shape index (κ2) is 9.84. The molecule has 3 N–H and O–H groups in total. The van der Waals surface area contributed by atoms with E-state index in [0.717, 1.165) is 6.42 Å². The Labute approximate surface area is 124 Å². The lowest BCUT2D eigenvalue weighted by molar-refractivity contribution is -0.123. The summed E-state index contributed by atoms with van der Waals surface area (Å²) in [5.41, 5.74) is 5.80. The zero-order chi connectivity index (χ0) is 15.5. The predicted octanol–water partition coefficient (Wildman–Crippen LogP) is 0.247. The van der Waals surface area contributed by atoms with Crippen LogP contribution in [0.3, 0.4) is 0 Å². The van der Waals surface area contributed by atoms with Crippen LogP contribution in [-0.2, 0) is 9.53 Å². The van der Waals surface area contributed by atoms with E-state index in [2.05, 4.69) is 21.2 Å². The molecule has 21 heavy (non-hydrogen) atoms. The van der Waals surface area contributed by atoms with E-state index in [1.54, 1.807) is 19.2 Å². The molecule has 2 amide bonds. The molecule has 0 spiro atoms. The van der Waals surface area contributed by atoms with Gasteiger partial charge in [-0.2, -0.15) is 0 Å². The Bertz CT molecular complexity index is 439. The molecule has 0 aliphatic heterocycles. The third-order valence-corrected chi connectivity index (χ3v) is 2.80. The first-order valence-corrected chi connectivity index (χ1v) is 6.91. The molecule has 0 fully saturated rings. The number of pyridine rings is 1. The topological polar surface area (TPSA) is 92.4 Å². The van der Waals surface area contributed by atoms with Gasteiger partial charge in [0.2, 0.25) is 5.91 Å². The third-order valence-electron chi connectivity index (χ3n) is 2.80. The molecule has 0 aliphatic carbocycles. The zero-order valence-corrected chi connectivity index (χ0v) is 12.4. The fraction of sp³-hybridized carbons (Fsp3) is 0.500. The van der Waals surface area contributed by atoms with Gasteiger partial charge < -0.3 is 10.1 Å². The van der Waals surface area contributed by atoms with Gasteiger partial charge in [-0.05, 0) is 18.6 Å². The van der Waals surface area contributed by atoms with Crippen LogP contribution in [0.5, 0.6) is 0 Å². The highest BCUT2D eigenvalue weighted by Crippen LogP contribution is 1.98. The number of ether oxygens (including phenoxy) is 1. The van der Waals surface area contributed by atoms with E-state index >= 15 is 0 Å². The van der Waals surface area contributed by atoms with E-state index in [1.807, 2.05) is 6.92 Å². The number of hydrogen-bond donors (Lipinski definition) is 3. The number of amides is 2. The third kappa shape index (κ3) is 6.33. The Balaban J connectivity index is 2.46. The maximum absolute atomic E-state index is 12.0. The molecule has 0 saturated heterocycles. The summed E-state index contributed by atoms with van der Waals surface area (Å²) in [6.07, 6.45) is 4.52. The second-order valence-electron chi connectivity index (χ2n) is 4.46. The van der Waals surface area contributed by atoms with E-state index in [0.29, 0.717) is 25.1 Å². The second-order valence-corrected chi connectivity index (χ2v) is 4.46. The van der Waals surface area contributed by atoms with Gasteiger partial charge in [-0.25, -0.2) is 5.43 Å². The first-order chi connectivity index (χ1) is 10.2. The summed E-state index contributed by atoms with van der Waals surface area (Å²) in [7, 11) is 1.57. The van der Waals surface area contributed by atoms with Gasteiger partial charge in [-0.3, -0.25) is 20.0 Å². The van der Waals surface area contributed by atoms with Crippen LogP contribution in [0, 0.1) is 0 Å². The number of hydrogen-bond acceptors (Lipinski definition) is 5. The summed E-state index contributed by atoms with van der Waals surface area (Å²) in [4.78, 5) is 27.7. The number of nitrogens with one attached hydrogen (secondary N) is 3. The van der Waals surface area contributed by atoms with E-state index in [4.69, 9.17) is 4.74 Å². The fourth-order valence-electron chi connectivity index (χ4n) is 1.69. The molecular formula is C14H22N4O3. The predicted molar refractivity (Wildman–Crippen MR) is 78.4 cm³/mol. The molecule has 7 nitrogen and oxygen atoms in total. The zero-order valence-electron chi connectivity index (χ0n) is 12.4. The molecule has 1 atom stereocenters. The fourth-order valence-corrected chi connectivity index (χ4v) is 1.69. The van der Waals surface area contributed by atoms with Crippen LogP contribution in [0.4, 0.5) is 0 Å². The first kappa shape index (κ1) is 17.1. The van der Waals surface area contributed by atoms with Gasteiger partial charge in [-0.15, -0.1) is 0 Å². The van der Waals surface area contributed by atoms with Crippen molar-refractivity contribution in [2.75, 3.05) is 20.3 Å². The van der Waals surface area contributed by atoms with Gasteiger partial charge >= 0.3 is 0 Å². The van der Waals surface area contributed by atoms with E-state index < -0.39 is 6.04 Å². The Morgan fingerprint density at radius 3 is 2.67 bits per heavy atom. The number of aromatic nitrogens is 1. The lowest BCUT2D eigenvalue weighted by atomic mass is 10.1. The standard InChI is InChI=1S/C14H22N4O3/c1-3-4-12(14(20)16-9-10-21-2)17-18-13(19)11-5-7-15-8-6-11/h5-8,12,17H,3-4,9-10H2,1-2H3,(H,16,20)(H,18,19). The molecule has 0 radical (unpaired) electrons. The lowest BCUT2D eigenvalue weighted by Gasteiger charge is -2.18. The number of hydrazine groups is 1. The quantitative estimate of drug-likeness (QED) is 0.448. The van der Waals surface area contributed by atoms with Gasteiger partial charge in [0.05, 0.1) is 6.61 Å². The van der Waals surface area contributed by atoms with Crippen LogP contribution in [-0.4, -0.2) is 43.1 Å². The average Bonchev–Trinajstić information content (AvgIpc) is 2.52. The summed E-state index contributed by atoms with van der Waals surface area (Å²) < 4.78 is 4.88. The van der Waals surface area contributed by atoms with Gasteiger partial charge in [0.15, 0.2) is 0 Å². The van der Waals surface area contributed by atoms with E-state index in [9.17, 15) is 9.59 Å².